The average molecular weight is 407 g/mol. The van der Waals surface area contributed by atoms with Crippen LogP contribution in [0.3, 0.4) is 0 Å². The Morgan fingerprint density at radius 2 is 1.93 bits per heavy atom. The minimum absolute atomic E-state index is 0.0686. The minimum Gasteiger partial charge on any atom is -0.331 e. The molecule has 0 saturated carbocycles. The van der Waals surface area contributed by atoms with Crippen molar-refractivity contribution >= 4 is 38.4 Å². The Balaban J connectivity index is 1.71. The van der Waals surface area contributed by atoms with Gasteiger partial charge in [-0.15, -0.1) is 11.3 Å². The molecule has 0 aliphatic heterocycles. The number of H-pyrrole nitrogens is 1. The van der Waals surface area contributed by atoms with Crippen molar-refractivity contribution in [1.29, 1.82) is 0 Å². The van der Waals surface area contributed by atoms with Crippen LogP contribution < -0.4 is 5.56 Å². The number of hydrogen-bond donors (Lipinski definition) is 1. The van der Waals surface area contributed by atoms with E-state index >= 15 is 0 Å². The summed E-state index contributed by atoms with van der Waals surface area (Å²) in [5.41, 5.74) is 3.47. The van der Waals surface area contributed by atoms with E-state index in [0.29, 0.717) is 28.1 Å². The van der Waals surface area contributed by atoms with Crippen LogP contribution in [0.25, 0.3) is 21.1 Å². The molecule has 3 aromatic heterocycles. The number of amides is 1. The van der Waals surface area contributed by atoms with Gasteiger partial charge in [0.05, 0.1) is 22.3 Å². The van der Waals surface area contributed by atoms with Crippen molar-refractivity contribution in [2.45, 2.75) is 34.2 Å². The van der Waals surface area contributed by atoms with E-state index in [-0.39, 0.29) is 18.0 Å². The Morgan fingerprint density at radius 3 is 2.69 bits per heavy atom. The summed E-state index contributed by atoms with van der Waals surface area (Å²) in [5.74, 6) is 0.411. The molecule has 0 bridgehead atoms. The van der Waals surface area contributed by atoms with Crippen LogP contribution in [0.15, 0.2) is 35.1 Å². The van der Waals surface area contributed by atoms with Gasteiger partial charge in [-0.05, 0) is 57.0 Å². The number of aryl methyl sites for hydroxylation is 3. The smallest absolute Gasteiger partial charge is 0.264 e. The van der Waals surface area contributed by atoms with Gasteiger partial charge in [0, 0.05) is 17.6 Å². The first kappa shape index (κ1) is 19.3. The van der Waals surface area contributed by atoms with Crippen LogP contribution in [0.1, 0.15) is 39.2 Å². The lowest BCUT2D eigenvalue weighted by atomic mass is 10.1. The Hall–Kier alpha value is -3.06. The standard InChI is InChI=1S/C22H22N4O2S/c1-5-26(11-17-24-16-9-7-6-8-15(16)20(27)25-17)22(28)19-14(4)18-12(2)10-13(3)23-21(18)29-19/h6-10H,5,11H2,1-4H3,(H,24,25,27). The summed E-state index contributed by atoms with van der Waals surface area (Å²) in [7, 11) is 0. The number of thiophene rings is 1. The van der Waals surface area contributed by atoms with Gasteiger partial charge in [0.25, 0.3) is 11.5 Å². The van der Waals surface area contributed by atoms with E-state index in [0.717, 1.165) is 27.0 Å². The van der Waals surface area contributed by atoms with Crippen LogP contribution in [0.4, 0.5) is 0 Å². The lowest BCUT2D eigenvalue weighted by Crippen LogP contribution is -2.31. The fourth-order valence-corrected chi connectivity index (χ4v) is 4.96. The number of nitrogens with zero attached hydrogens (tertiary/aromatic N) is 3. The van der Waals surface area contributed by atoms with Crippen LogP contribution >= 0.6 is 11.3 Å². The van der Waals surface area contributed by atoms with Crippen molar-refractivity contribution in [1.82, 2.24) is 19.9 Å². The lowest BCUT2D eigenvalue weighted by Gasteiger charge is -2.20. The lowest BCUT2D eigenvalue weighted by molar-refractivity contribution is 0.0753. The fraction of sp³-hybridized carbons (Fsp3) is 0.273. The number of aromatic nitrogens is 3. The van der Waals surface area contributed by atoms with Gasteiger partial charge in [-0.25, -0.2) is 9.97 Å². The molecule has 0 fully saturated rings. The third kappa shape index (κ3) is 3.42. The number of rotatable bonds is 4. The first-order chi connectivity index (χ1) is 13.9. The number of pyridine rings is 1. The normalized spacial score (nSPS) is 11.3. The first-order valence-electron chi connectivity index (χ1n) is 9.53. The third-order valence-electron chi connectivity index (χ3n) is 5.09. The maximum Gasteiger partial charge on any atom is 0.264 e. The Bertz CT molecular complexity index is 1310. The molecular formula is C22H22N4O2S. The van der Waals surface area contributed by atoms with Gasteiger partial charge in [-0.3, -0.25) is 9.59 Å². The van der Waals surface area contributed by atoms with Gasteiger partial charge in [0.1, 0.15) is 10.7 Å². The summed E-state index contributed by atoms with van der Waals surface area (Å²) < 4.78 is 0. The molecule has 0 spiro atoms. The SMILES string of the molecule is CCN(Cc1nc2ccccc2c(=O)[nH]1)C(=O)c1sc2nc(C)cc(C)c2c1C. The van der Waals surface area contributed by atoms with Crippen molar-refractivity contribution in [2.24, 2.45) is 0 Å². The monoisotopic (exact) mass is 406 g/mol. The summed E-state index contributed by atoms with van der Waals surface area (Å²) >= 11 is 1.43. The van der Waals surface area contributed by atoms with E-state index in [4.69, 9.17) is 0 Å². The Kier molecular flexibility index (Phi) is 4.92. The largest absolute Gasteiger partial charge is 0.331 e. The summed E-state index contributed by atoms with van der Waals surface area (Å²) in [6, 6.07) is 9.24. The van der Waals surface area contributed by atoms with Crippen LogP contribution in [-0.4, -0.2) is 32.3 Å². The van der Waals surface area contributed by atoms with Crippen LogP contribution in [0, 0.1) is 20.8 Å². The number of para-hydroxylation sites is 1. The number of hydrogen-bond acceptors (Lipinski definition) is 5. The van der Waals surface area contributed by atoms with Crippen LogP contribution in [0.5, 0.6) is 0 Å². The van der Waals surface area contributed by atoms with Crippen molar-refractivity contribution in [2.75, 3.05) is 6.54 Å². The number of aromatic amines is 1. The molecule has 0 atom stereocenters. The van der Waals surface area contributed by atoms with Gasteiger partial charge < -0.3 is 9.88 Å². The molecule has 1 aromatic carbocycles. The molecule has 148 valence electrons. The summed E-state index contributed by atoms with van der Waals surface area (Å²) in [6.07, 6.45) is 0. The maximum absolute atomic E-state index is 13.3. The molecule has 0 saturated heterocycles. The summed E-state index contributed by atoms with van der Waals surface area (Å²) in [4.78, 5) is 40.9. The molecule has 1 amide bonds. The highest BCUT2D eigenvalue weighted by atomic mass is 32.1. The van der Waals surface area contributed by atoms with Gasteiger partial charge in [0.15, 0.2) is 0 Å². The molecule has 1 N–H and O–H groups in total. The zero-order chi connectivity index (χ0) is 20.7. The predicted octanol–water partition coefficient (Wildman–Crippen LogP) is 4.12. The molecule has 0 radical (unpaired) electrons. The molecule has 6 nitrogen and oxygen atoms in total. The highest BCUT2D eigenvalue weighted by Crippen LogP contribution is 2.33. The molecule has 4 rings (SSSR count). The maximum atomic E-state index is 13.3. The van der Waals surface area contributed by atoms with Gasteiger partial charge in [-0.2, -0.15) is 0 Å². The number of carbonyl (C=O) groups is 1. The number of benzene rings is 1. The number of fused-ring (bicyclic) bond motifs is 2. The van der Waals surface area contributed by atoms with E-state index in [2.05, 4.69) is 15.0 Å². The molecule has 4 aromatic rings. The van der Waals surface area contributed by atoms with Crippen molar-refractivity contribution in [3.63, 3.8) is 0 Å². The molecule has 0 aliphatic rings. The predicted molar refractivity (Wildman–Crippen MR) is 117 cm³/mol. The molecular weight excluding hydrogens is 384 g/mol. The Labute approximate surface area is 172 Å². The van der Waals surface area contributed by atoms with E-state index in [1.165, 1.54) is 11.3 Å². The third-order valence-corrected chi connectivity index (χ3v) is 6.27. The van der Waals surface area contributed by atoms with Crippen molar-refractivity contribution < 1.29 is 4.79 Å². The highest BCUT2D eigenvalue weighted by Gasteiger charge is 2.23. The minimum atomic E-state index is -0.192. The second kappa shape index (κ2) is 7.40. The van der Waals surface area contributed by atoms with Gasteiger partial charge in [0.2, 0.25) is 0 Å². The Morgan fingerprint density at radius 1 is 1.17 bits per heavy atom. The van der Waals surface area contributed by atoms with E-state index in [1.807, 2.05) is 45.9 Å². The molecule has 0 aliphatic carbocycles. The van der Waals surface area contributed by atoms with E-state index < -0.39 is 0 Å². The zero-order valence-corrected chi connectivity index (χ0v) is 17.7. The molecule has 3 heterocycles. The van der Waals surface area contributed by atoms with Gasteiger partial charge >= 0.3 is 0 Å². The summed E-state index contributed by atoms with van der Waals surface area (Å²) in [6.45, 7) is 8.66. The first-order valence-corrected chi connectivity index (χ1v) is 10.3. The average Bonchev–Trinajstić information content (AvgIpc) is 3.02. The quantitative estimate of drug-likeness (QED) is 0.553. The number of nitrogens with one attached hydrogen (secondary N) is 1. The zero-order valence-electron chi connectivity index (χ0n) is 16.9. The second-order valence-corrected chi connectivity index (χ2v) is 8.17. The van der Waals surface area contributed by atoms with E-state index in [9.17, 15) is 9.59 Å². The van der Waals surface area contributed by atoms with Crippen LogP contribution in [-0.2, 0) is 6.54 Å². The van der Waals surface area contributed by atoms with Crippen LogP contribution in [0.2, 0.25) is 0 Å². The summed E-state index contributed by atoms with van der Waals surface area (Å²) in [5, 5.41) is 1.60. The topological polar surface area (TPSA) is 79.0 Å². The molecule has 7 heteroatoms. The van der Waals surface area contributed by atoms with Crippen molar-refractivity contribution in [3.8, 4) is 0 Å². The second-order valence-electron chi connectivity index (χ2n) is 7.17. The van der Waals surface area contributed by atoms with Gasteiger partial charge in [-0.1, -0.05) is 12.1 Å². The highest BCUT2D eigenvalue weighted by molar-refractivity contribution is 7.20. The molecule has 0 unspecified atom stereocenters. The van der Waals surface area contributed by atoms with Crippen molar-refractivity contribution in [3.05, 3.63) is 68.2 Å². The molecule has 29 heavy (non-hydrogen) atoms. The fourth-order valence-electron chi connectivity index (χ4n) is 3.68. The number of carbonyl (C=O) groups excluding carboxylic acids is 1. The van der Waals surface area contributed by atoms with E-state index in [1.54, 1.807) is 17.0 Å².